The number of carbonyl (C=O) groups is 1. The van der Waals surface area contributed by atoms with E-state index in [0.29, 0.717) is 13.2 Å². The SMILES string of the molecule is O=C(N/N=C\c1ccc(Br)cc1)[C@@H](c1ccncc1)[NH+]1CCOCC1. The molecule has 3 rings (SSSR count). The Hall–Kier alpha value is -2.09. The van der Waals surface area contributed by atoms with Gasteiger partial charge in [-0.05, 0) is 29.8 Å². The quantitative estimate of drug-likeness (QED) is 0.576. The summed E-state index contributed by atoms with van der Waals surface area (Å²) in [4.78, 5) is 18.0. The van der Waals surface area contributed by atoms with Crippen LogP contribution in [0.1, 0.15) is 17.2 Å². The zero-order chi connectivity index (χ0) is 17.5. The average molecular weight is 404 g/mol. The fourth-order valence-corrected chi connectivity index (χ4v) is 3.10. The lowest BCUT2D eigenvalue weighted by atomic mass is 10.1. The molecule has 1 fully saturated rings. The zero-order valence-corrected chi connectivity index (χ0v) is 15.3. The molecule has 7 heteroatoms. The fraction of sp³-hybridized carbons (Fsp3) is 0.278. The number of benzene rings is 1. The molecule has 25 heavy (non-hydrogen) atoms. The second-order valence-electron chi connectivity index (χ2n) is 5.77. The predicted molar refractivity (Wildman–Crippen MR) is 98.4 cm³/mol. The van der Waals surface area contributed by atoms with E-state index in [2.05, 4.69) is 31.4 Å². The molecular weight excluding hydrogens is 384 g/mol. The summed E-state index contributed by atoms with van der Waals surface area (Å²) in [6.45, 7) is 2.90. The molecule has 2 aromatic rings. The summed E-state index contributed by atoms with van der Waals surface area (Å²) in [7, 11) is 0. The van der Waals surface area contributed by atoms with E-state index in [1.807, 2.05) is 36.4 Å². The fourth-order valence-electron chi connectivity index (χ4n) is 2.83. The van der Waals surface area contributed by atoms with E-state index >= 15 is 0 Å². The molecule has 0 radical (unpaired) electrons. The molecule has 1 amide bonds. The van der Waals surface area contributed by atoms with Gasteiger partial charge in [-0.15, -0.1) is 0 Å². The molecule has 0 saturated carbocycles. The minimum atomic E-state index is -0.325. The van der Waals surface area contributed by atoms with Gasteiger partial charge in [0.25, 0.3) is 0 Å². The first-order valence-corrected chi connectivity index (χ1v) is 8.94. The van der Waals surface area contributed by atoms with Gasteiger partial charge in [-0.1, -0.05) is 28.1 Å². The monoisotopic (exact) mass is 403 g/mol. The number of pyridine rings is 1. The Morgan fingerprint density at radius 2 is 1.88 bits per heavy atom. The molecule has 6 nitrogen and oxygen atoms in total. The third kappa shape index (κ3) is 4.94. The molecule has 1 aliphatic heterocycles. The third-order valence-electron chi connectivity index (χ3n) is 4.10. The molecule has 1 aromatic carbocycles. The van der Waals surface area contributed by atoms with Gasteiger partial charge < -0.3 is 9.64 Å². The van der Waals surface area contributed by atoms with Gasteiger partial charge in [0.2, 0.25) is 0 Å². The highest BCUT2D eigenvalue weighted by molar-refractivity contribution is 9.10. The highest BCUT2D eigenvalue weighted by Gasteiger charge is 2.32. The normalized spacial score (nSPS) is 16.7. The predicted octanol–water partition coefficient (Wildman–Crippen LogP) is 0.951. The number of nitrogens with zero attached hydrogens (tertiary/aromatic N) is 2. The van der Waals surface area contributed by atoms with Gasteiger partial charge in [0.05, 0.1) is 19.4 Å². The van der Waals surface area contributed by atoms with Crippen molar-refractivity contribution in [1.29, 1.82) is 0 Å². The molecule has 1 atom stereocenters. The van der Waals surface area contributed by atoms with Crippen LogP contribution in [-0.2, 0) is 9.53 Å². The van der Waals surface area contributed by atoms with Crippen molar-refractivity contribution in [2.24, 2.45) is 5.10 Å². The second-order valence-corrected chi connectivity index (χ2v) is 6.69. The Labute approximate surface area is 155 Å². The van der Waals surface area contributed by atoms with Gasteiger partial charge in [0.15, 0.2) is 6.04 Å². The second kappa shape index (κ2) is 8.84. The highest BCUT2D eigenvalue weighted by atomic mass is 79.9. The van der Waals surface area contributed by atoms with Gasteiger partial charge >= 0.3 is 5.91 Å². The molecule has 130 valence electrons. The Balaban J connectivity index is 1.71. The summed E-state index contributed by atoms with van der Waals surface area (Å²) < 4.78 is 6.42. The maximum atomic E-state index is 12.8. The minimum absolute atomic E-state index is 0.128. The first kappa shape index (κ1) is 17.7. The maximum Gasteiger partial charge on any atom is 0.303 e. The summed E-state index contributed by atoms with van der Waals surface area (Å²) in [5.41, 5.74) is 4.53. The lowest BCUT2D eigenvalue weighted by molar-refractivity contribution is -0.929. The van der Waals surface area contributed by atoms with Crippen molar-refractivity contribution in [2.45, 2.75) is 6.04 Å². The van der Waals surface area contributed by atoms with E-state index in [-0.39, 0.29) is 11.9 Å². The van der Waals surface area contributed by atoms with E-state index in [0.717, 1.165) is 28.7 Å². The Kier molecular flexibility index (Phi) is 6.27. The molecule has 0 aliphatic carbocycles. The number of ether oxygens (including phenoxy) is 1. The molecule has 0 unspecified atom stereocenters. The summed E-state index contributed by atoms with van der Waals surface area (Å²) in [6.07, 6.45) is 5.06. The van der Waals surface area contributed by atoms with Crippen LogP contribution in [0, 0.1) is 0 Å². The first-order chi connectivity index (χ1) is 12.2. The number of quaternary nitrogens is 1. The van der Waals surface area contributed by atoms with Crippen LogP contribution in [0.4, 0.5) is 0 Å². The number of aromatic nitrogens is 1. The summed E-state index contributed by atoms with van der Waals surface area (Å²) in [6, 6.07) is 11.1. The van der Waals surface area contributed by atoms with E-state index in [9.17, 15) is 4.79 Å². The number of rotatable bonds is 5. The van der Waals surface area contributed by atoms with Crippen LogP contribution in [-0.4, -0.2) is 43.4 Å². The summed E-state index contributed by atoms with van der Waals surface area (Å²) >= 11 is 3.39. The lowest BCUT2D eigenvalue weighted by Crippen LogP contribution is -3.15. The van der Waals surface area contributed by atoms with Crippen LogP contribution in [0.5, 0.6) is 0 Å². The number of hydrogen-bond acceptors (Lipinski definition) is 4. The van der Waals surface area contributed by atoms with Crippen molar-refractivity contribution in [3.8, 4) is 0 Å². The number of nitrogens with one attached hydrogen (secondary N) is 2. The zero-order valence-electron chi connectivity index (χ0n) is 13.7. The van der Waals surface area contributed by atoms with Crippen LogP contribution < -0.4 is 10.3 Å². The van der Waals surface area contributed by atoms with Gasteiger partial charge in [-0.2, -0.15) is 5.10 Å². The maximum absolute atomic E-state index is 12.8. The number of hydrazone groups is 1. The van der Waals surface area contributed by atoms with E-state index in [4.69, 9.17) is 4.74 Å². The van der Waals surface area contributed by atoms with Crippen LogP contribution >= 0.6 is 15.9 Å². The molecule has 2 heterocycles. The largest absolute Gasteiger partial charge is 0.370 e. The van der Waals surface area contributed by atoms with Crippen molar-refractivity contribution < 1.29 is 14.4 Å². The topological polar surface area (TPSA) is 68.0 Å². The molecule has 1 saturated heterocycles. The smallest absolute Gasteiger partial charge is 0.303 e. The average Bonchev–Trinajstić information content (AvgIpc) is 2.65. The molecule has 1 aliphatic rings. The highest BCUT2D eigenvalue weighted by Crippen LogP contribution is 2.10. The number of amides is 1. The summed E-state index contributed by atoms with van der Waals surface area (Å²) in [5, 5.41) is 4.11. The number of hydrogen-bond donors (Lipinski definition) is 2. The molecule has 0 spiro atoms. The van der Waals surface area contributed by atoms with Crippen LogP contribution in [0.2, 0.25) is 0 Å². The van der Waals surface area contributed by atoms with Crippen molar-refractivity contribution in [3.05, 3.63) is 64.4 Å². The first-order valence-electron chi connectivity index (χ1n) is 8.15. The van der Waals surface area contributed by atoms with Crippen LogP contribution in [0.25, 0.3) is 0 Å². The molecular formula is C18H20BrN4O2+. The third-order valence-corrected chi connectivity index (χ3v) is 4.63. The van der Waals surface area contributed by atoms with E-state index < -0.39 is 0 Å². The van der Waals surface area contributed by atoms with Crippen LogP contribution in [0.3, 0.4) is 0 Å². The van der Waals surface area contributed by atoms with Crippen molar-refractivity contribution in [1.82, 2.24) is 10.4 Å². The number of carbonyl (C=O) groups excluding carboxylic acids is 1. The molecule has 2 N–H and O–H groups in total. The summed E-state index contributed by atoms with van der Waals surface area (Å²) in [5.74, 6) is -0.128. The van der Waals surface area contributed by atoms with Gasteiger partial charge in [0, 0.05) is 22.4 Å². The lowest BCUT2D eigenvalue weighted by Gasteiger charge is -2.30. The van der Waals surface area contributed by atoms with Crippen LogP contribution in [0.15, 0.2) is 58.4 Å². The van der Waals surface area contributed by atoms with Crippen molar-refractivity contribution in [2.75, 3.05) is 26.3 Å². The standard InChI is InChI=1S/C18H19BrN4O2/c19-16-3-1-14(2-4-16)13-21-22-18(24)17(15-5-7-20-8-6-15)23-9-11-25-12-10-23/h1-8,13,17H,9-12H2,(H,22,24)/p+1/b21-13-/t17-/m1/s1. The van der Waals surface area contributed by atoms with E-state index in [1.165, 1.54) is 4.90 Å². The number of halogens is 1. The minimum Gasteiger partial charge on any atom is -0.370 e. The number of morpholine rings is 1. The van der Waals surface area contributed by atoms with Crippen molar-refractivity contribution >= 4 is 28.1 Å². The molecule has 0 bridgehead atoms. The van der Waals surface area contributed by atoms with Gasteiger partial charge in [-0.3, -0.25) is 9.78 Å². The molecule has 1 aromatic heterocycles. The van der Waals surface area contributed by atoms with Crippen molar-refractivity contribution in [3.63, 3.8) is 0 Å². The Morgan fingerprint density at radius 1 is 1.20 bits per heavy atom. The van der Waals surface area contributed by atoms with E-state index in [1.54, 1.807) is 18.6 Å². The Bertz CT molecular complexity index is 716. The Morgan fingerprint density at radius 3 is 2.56 bits per heavy atom. The van der Waals surface area contributed by atoms with Gasteiger partial charge in [-0.25, -0.2) is 5.43 Å². The van der Waals surface area contributed by atoms with Gasteiger partial charge in [0.1, 0.15) is 13.1 Å².